The first-order valence-corrected chi connectivity index (χ1v) is 6.75. The standard InChI is InChI=1S/C17H20N2O/c1-13-7-8-16(14(2)10-13)17(20)12-19(3)11-15-6-4-5-9-18-15/h4-10H,11-12H2,1-3H3. The monoisotopic (exact) mass is 268 g/mol. The molecule has 1 heterocycles. The number of hydrogen-bond acceptors (Lipinski definition) is 3. The number of Topliss-reactive ketones (excluding diaryl/α,β-unsaturated/α-hetero) is 1. The Morgan fingerprint density at radius 1 is 1.20 bits per heavy atom. The molecule has 1 aromatic heterocycles. The van der Waals surface area contributed by atoms with Gasteiger partial charge in [0.2, 0.25) is 0 Å². The molecule has 0 aliphatic carbocycles. The fraction of sp³-hybridized carbons (Fsp3) is 0.294. The minimum atomic E-state index is 0.154. The zero-order valence-electron chi connectivity index (χ0n) is 12.3. The van der Waals surface area contributed by atoms with E-state index >= 15 is 0 Å². The smallest absolute Gasteiger partial charge is 0.177 e. The van der Waals surface area contributed by atoms with Crippen molar-refractivity contribution in [3.8, 4) is 0 Å². The van der Waals surface area contributed by atoms with Crippen molar-refractivity contribution < 1.29 is 4.79 Å². The zero-order chi connectivity index (χ0) is 14.5. The quantitative estimate of drug-likeness (QED) is 0.782. The first-order valence-electron chi connectivity index (χ1n) is 6.75. The van der Waals surface area contributed by atoms with Crippen LogP contribution >= 0.6 is 0 Å². The lowest BCUT2D eigenvalue weighted by molar-refractivity contribution is 0.0942. The Kier molecular flexibility index (Phi) is 4.64. The maximum Gasteiger partial charge on any atom is 0.177 e. The van der Waals surface area contributed by atoms with Crippen molar-refractivity contribution in [1.29, 1.82) is 0 Å². The van der Waals surface area contributed by atoms with Crippen LogP contribution in [0, 0.1) is 13.8 Å². The van der Waals surface area contributed by atoms with E-state index in [1.165, 1.54) is 5.56 Å². The normalized spacial score (nSPS) is 10.8. The summed E-state index contributed by atoms with van der Waals surface area (Å²) < 4.78 is 0. The van der Waals surface area contributed by atoms with E-state index in [1.54, 1.807) is 6.20 Å². The van der Waals surface area contributed by atoms with Crippen LogP contribution in [0.3, 0.4) is 0 Å². The molecule has 0 bridgehead atoms. The van der Waals surface area contributed by atoms with Gasteiger partial charge in [-0.25, -0.2) is 0 Å². The number of carbonyl (C=O) groups is 1. The number of benzene rings is 1. The molecule has 0 aliphatic heterocycles. The second-order valence-electron chi connectivity index (χ2n) is 5.23. The van der Waals surface area contributed by atoms with E-state index in [9.17, 15) is 4.79 Å². The van der Waals surface area contributed by atoms with E-state index in [2.05, 4.69) is 4.98 Å². The number of aromatic nitrogens is 1. The largest absolute Gasteiger partial charge is 0.293 e. The van der Waals surface area contributed by atoms with E-state index in [0.29, 0.717) is 13.1 Å². The molecule has 0 atom stereocenters. The minimum absolute atomic E-state index is 0.154. The Hall–Kier alpha value is -2.00. The Labute approximate surface area is 120 Å². The van der Waals surface area contributed by atoms with Crippen LogP contribution in [0.2, 0.25) is 0 Å². The number of pyridine rings is 1. The van der Waals surface area contributed by atoms with Crippen molar-refractivity contribution in [2.45, 2.75) is 20.4 Å². The second kappa shape index (κ2) is 6.44. The van der Waals surface area contributed by atoms with E-state index in [0.717, 1.165) is 16.8 Å². The second-order valence-corrected chi connectivity index (χ2v) is 5.23. The molecule has 0 spiro atoms. The molecule has 0 radical (unpaired) electrons. The first-order chi connectivity index (χ1) is 9.56. The average molecular weight is 268 g/mol. The fourth-order valence-electron chi connectivity index (χ4n) is 2.28. The third-order valence-electron chi connectivity index (χ3n) is 3.25. The van der Waals surface area contributed by atoms with E-state index in [-0.39, 0.29) is 5.78 Å². The number of hydrogen-bond donors (Lipinski definition) is 0. The van der Waals surface area contributed by atoms with Gasteiger partial charge in [0.15, 0.2) is 5.78 Å². The summed E-state index contributed by atoms with van der Waals surface area (Å²) in [5.74, 6) is 0.154. The molecular formula is C17H20N2O. The van der Waals surface area contributed by atoms with Crippen LogP contribution in [-0.2, 0) is 6.54 Å². The SMILES string of the molecule is Cc1ccc(C(=O)CN(C)Cc2ccccn2)c(C)c1. The third kappa shape index (κ3) is 3.75. The highest BCUT2D eigenvalue weighted by molar-refractivity contribution is 5.98. The van der Waals surface area contributed by atoms with Crippen LogP contribution in [-0.4, -0.2) is 29.3 Å². The van der Waals surface area contributed by atoms with Gasteiger partial charge in [-0.1, -0.05) is 29.8 Å². The lowest BCUT2D eigenvalue weighted by Gasteiger charge is -2.16. The van der Waals surface area contributed by atoms with Crippen LogP contribution in [0.5, 0.6) is 0 Å². The third-order valence-corrected chi connectivity index (χ3v) is 3.25. The van der Waals surface area contributed by atoms with Crippen molar-refractivity contribution in [2.24, 2.45) is 0 Å². The maximum atomic E-state index is 12.3. The summed E-state index contributed by atoms with van der Waals surface area (Å²) in [5.41, 5.74) is 4.01. The molecule has 3 nitrogen and oxygen atoms in total. The molecule has 0 saturated carbocycles. The van der Waals surface area contributed by atoms with Gasteiger partial charge in [-0.3, -0.25) is 14.7 Å². The van der Waals surface area contributed by atoms with Gasteiger partial charge in [0.1, 0.15) is 0 Å². The zero-order valence-corrected chi connectivity index (χ0v) is 12.3. The van der Waals surface area contributed by atoms with E-state index in [4.69, 9.17) is 0 Å². The lowest BCUT2D eigenvalue weighted by atomic mass is 10.0. The Bertz CT molecular complexity index is 593. The van der Waals surface area contributed by atoms with Gasteiger partial charge >= 0.3 is 0 Å². The van der Waals surface area contributed by atoms with Crippen molar-refractivity contribution >= 4 is 5.78 Å². The lowest BCUT2D eigenvalue weighted by Crippen LogP contribution is -2.26. The molecule has 1 aromatic carbocycles. The highest BCUT2D eigenvalue weighted by atomic mass is 16.1. The van der Waals surface area contributed by atoms with E-state index < -0.39 is 0 Å². The molecular weight excluding hydrogens is 248 g/mol. The predicted octanol–water partition coefficient (Wildman–Crippen LogP) is 3.01. The van der Waals surface area contributed by atoms with Gasteiger partial charge < -0.3 is 0 Å². The van der Waals surface area contributed by atoms with Crippen molar-refractivity contribution in [3.05, 3.63) is 65.0 Å². The number of aryl methyl sites for hydroxylation is 2. The molecule has 0 unspecified atom stereocenters. The van der Waals surface area contributed by atoms with Crippen molar-refractivity contribution in [1.82, 2.24) is 9.88 Å². The molecule has 104 valence electrons. The molecule has 2 rings (SSSR count). The van der Waals surface area contributed by atoms with Crippen molar-refractivity contribution in [3.63, 3.8) is 0 Å². The number of ketones is 1. The van der Waals surface area contributed by atoms with E-state index in [1.807, 2.05) is 62.2 Å². The molecule has 0 saturated heterocycles. The van der Waals surface area contributed by atoms with Crippen molar-refractivity contribution in [2.75, 3.05) is 13.6 Å². The van der Waals surface area contributed by atoms with Crippen LogP contribution in [0.1, 0.15) is 27.2 Å². The molecule has 0 aliphatic rings. The molecule has 0 fully saturated rings. The summed E-state index contributed by atoms with van der Waals surface area (Å²) in [6.07, 6.45) is 1.77. The molecule has 2 aromatic rings. The molecule has 0 amide bonds. The van der Waals surface area contributed by atoms with Crippen LogP contribution in [0.15, 0.2) is 42.6 Å². The maximum absolute atomic E-state index is 12.3. The average Bonchev–Trinajstić information content (AvgIpc) is 2.39. The van der Waals surface area contributed by atoms with Crippen LogP contribution in [0.4, 0.5) is 0 Å². The summed E-state index contributed by atoms with van der Waals surface area (Å²) in [7, 11) is 1.94. The summed E-state index contributed by atoms with van der Waals surface area (Å²) in [6.45, 7) is 5.10. The van der Waals surface area contributed by atoms with Crippen LogP contribution in [0.25, 0.3) is 0 Å². The topological polar surface area (TPSA) is 33.2 Å². The number of likely N-dealkylation sites (N-methyl/N-ethyl adjacent to an activating group) is 1. The van der Waals surface area contributed by atoms with Gasteiger partial charge in [0.05, 0.1) is 12.2 Å². The minimum Gasteiger partial charge on any atom is -0.293 e. The molecule has 3 heteroatoms. The van der Waals surface area contributed by atoms with Gasteiger partial charge in [-0.15, -0.1) is 0 Å². The summed E-state index contributed by atoms with van der Waals surface area (Å²) >= 11 is 0. The summed E-state index contributed by atoms with van der Waals surface area (Å²) in [6, 6.07) is 11.8. The highest BCUT2D eigenvalue weighted by Gasteiger charge is 2.12. The molecule has 20 heavy (non-hydrogen) atoms. The Morgan fingerprint density at radius 2 is 2.00 bits per heavy atom. The highest BCUT2D eigenvalue weighted by Crippen LogP contribution is 2.12. The predicted molar refractivity (Wildman–Crippen MR) is 80.8 cm³/mol. The summed E-state index contributed by atoms with van der Waals surface area (Å²) in [5, 5.41) is 0. The number of carbonyl (C=O) groups excluding carboxylic acids is 1. The Morgan fingerprint density at radius 3 is 2.65 bits per heavy atom. The number of nitrogens with zero attached hydrogens (tertiary/aromatic N) is 2. The van der Waals surface area contributed by atoms with Gasteiger partial charge in [0.25, 0.3) is 0 Å². The van der Waals surface area contributed by atoms with Gasteiger partial charge in [-0.2, -0.15) is 0 Å². The van der Waals surface area contributed by atoms with Gasteiger partial charge in [0, 0.05) is 18.3 Å². The van der Waals surface area contributed by atoms with Crippen LogP contribution < -0.4 is 0 Å². The summed E-state index contributed by atoms with van der Waals surface area (Å²) in [4.78, 5) is 18.6. The molecule has 0 N–H and O–H groups in total. The van der Waals surface area contributed by atoms with Gasteiger partial charge in [-0.05, 0) is 38.6 Å². The first kappa shape index (κ1) is 14.4. The number of rotatable bonds is 5. The fourth-order valence-corrected chi connectivity index (χ4v) is 2.28. The Balaban J connectivity index is 2.00.